The summed E-state index contributed by atoms with van der Waals surface area (Å²) in [5.41, 5.74) is 0. The summed E-state index contributed by atoms with van der Waals surface area (Å²) >= 11 is 2.18. The molecule has 0 spiro atoms. The number of rotatable bonds is 7. The molecule has 0 aliphatic heterocycles. The first kappa shape index (κ1) is 12.4. The summed E-state index contributed by atoms with van der Waals surface area (Å²) < 4.78 is 0. The van der Waals surface area contributed by atoms with Crippen LogP contribution in [0.1, 0.15) is 45.4 Å². The fourth-order valence-electron chi connectivity index (χ4n) is 2.06. The van der Waals surface area contributed by atoms with Crippen molar-refractivity contribution in [2.45, 2.75) is 51.5 Å². The van der Waals surface area contributed by atoms with Gasteiger partial charge >= 0.3 is 0 Å². The van der Waals surface area contributed by atoms with E-state index >= 15 is 0 Å². The molecule has 0 aromatic carbocycles. The van der Waals surface area contributed by atoms with Gasteiger partial charge in [0.2, 0.25) is 0 Å². The normalized spacial score (nSPS) is 20.1. The van der Waals surface area contributed by atoms with Crippen LogP contribution in [0.4, 0.5) is 0 Å². The van der Waals surface area contributed by atoms with Crippen LogP contribution in [0, 0.1) is 5.92 Å². The van der Waals surface area contributed by atoms with E-state index in [0.29, 0.717) is 6.04 Å². The Morgan fingerprint density at radius 1 is 1.36 bits per heavy atom. The van der Waals surface area contributed by atoms with Crippen LogP contribution in [-0.4, -0.2) is 24.6 Å². The van der Waals surface area contributed by atoms with Crippen molar-refractivity contribution in [3.63, 3.8) is 0 Å². The molecule has 0 aromatic heterocycles. The quantitative estimate of drug-likeness (QED) is 0.654. The maximum absolute atomic E-state index is 3.29. The SMILES string of the molecule is CNC(C)CCCSCC1CCCC1. The minimum Gasteiger partial charge on any atom is -0.317 e. The van der Waals surface area contributed by atoms with E-state index in [-0.39, 0.29) is 0 Å². The molecule has 1 aliphatic rings. The Bertz CT molecular complexity index is 132. The van der Waals surface area contributed by atoms with Crippen molar-refractivity contribution < 1.29 is 0 Å². The van der Waals surface area contributed by atoms with Gasteiger partial charge in [-0.05, 0) is 57.1 Å². The smallest absolute Gasteiger partial charge is 0.00360 e. The average Bonchev–Trinajstić information content (AvgIpc) is 2.69. The monoisotopic (exact) mass is 215 g/mol. The Morgan fingerprint density at radius 2 is 2.07 bits per heavy atom. The van der Waals surface area contributed by atoms with Crippen LogP contribution in [0.2, 0.25) is 0 Å². The van der Waals surface area contributed by atoms with Gasteiger partial charge in [0.1, 0.15) is 0 Å². The summed E-state index contributed by atoms with van der Waals surface area (Å²) in [6.07, 6.45) is 8.68. The molecule has 1 N–H and O–H groups in total. The zero-order valence-corrected chi connectivity index (χ0v) is 10.5. The second kappa shape index (κ2) is 7.58. The molecule has 1 rings (SSSR count). The van der Waals surface area contributed by atoms with Crippen LogP contribution in [0.15, 0.2) is 0 Å². The predicted octanol–water partition coefficient (Wildman–Crippen LogP) is 3.30. The lowest BCUT2D eigenvalue weighted by atomic mass is 10.1. The van der Waals surface area contributed by atoms with Gasteiger partial charge in [0.05, 0.1) is 0 Å². The zero-order valence-electron chi connectivity index (χ0n) is 9.72. The number of hydrogen-bond donors (Lipinski definition) is 1. The minimum atomic E-state index is 0.696. The Morgan fingerprint density at radius 3 is 2.71 bits per heavy atom. The lowest BCUT2D eigenvalue weighted by Gasteiger charge is -2.10. The molecule has 0 aromatic rings. The maximum atomic E-state index is 3.29. The van der Waals surface area contributed by atoms with Gasteiger partial charge in [-0.3, -0.25) is 0 Å². The lowest BCUT2D eigenvalue weighted by Crippen LogP contribution is -2.20. The van der Waals surface area contributed by atoms with Crippen molar-refractivity contribution in [1.29, 1.82) is 0 Å². The Labute approximate surface area is 93.4 Å². The first-order chi connectivity index (χ1) is 6.83. The van der Waals surface area contributed by atoms with Gasteiger partial charge in [-0.25, -0.2) is 0 Å². The van der Waals surface area contributed by atoms with Gasteiger partial charge in [-0.2, -0.15) is 11.8 Å². The molecule has 84 valence electrons. The summed E-state index contributed by atoms with van der Waals surface area (Å²) in [6.45, 7) is 2.27. The van der Waals surface area contributed by atoms with E-state index in [4.69, 9.17) is 0 Å². The zero-order chi connectivity index (χ0) is 10.2. The predicted molar refractivity (Wildman–Crippen MR) is 67.0 cm³/mol. The summed E-state index contributed by atoms with van der Waals surface area (Å²) in [4.78, 5) is 0. The highest BCUT2D eigenvalue weighted by Crippen LogP contribution is 2.28. The third-order valence-corrected chi connectivity index (χ3v) is 4.53. The third-order valence-electron chi connectivity index (χ3n) is 3.25. The van der Waals surface area contributed by atoms with E-state index in [9.17, 15) is 0 Å². The molecule has 0 heterocycles. The van der Waals surface area contributed by atoms with E-state index in [0.717, 1.165) is 5.92 Å². The second-order valence-electron chi connectivity index (χ2n) is 4.56. The van der Waals surface area contributed by atoms with Crippen molar-refractivity contribution in [1.82, 2.24) is 5.32 Å². The maximum Gasteiger partial charge on any atom is 0.00360 e. The van der Waals surface area contributed by atoms with Crippen molar-refractivity contribution in [2.24, 2.45) is 5.92 Å². The number of nitrogens with one attached hydrogen (secondary N) is 1. The molecule has 0 radical (unpaired) electrons. The van der Waals surface area contributed by atoms with Crippen molar-refractivity contribution in [2.75, 3.05) is 18.6 Å². The summed E-state index contributed by atoms with van der Waals surface area (Å²) in [7, 11) is 2.05. The molecule has 0 bridgehead atoms. The van der Waals surface area contributed by atoms with Crippen LogP contribution >= 0.6 is 11.8 Å². The van der Waals surface area contributed by atoms with E-state index in [1.807, 2.05) is 0 Å². The Hall–Kier alpha value is 0.310. The molecular weight excluding hydrogens is 190 g/mol. The fourth-order valence-corrected chi connectivity index (χ4v) is 3.27. The highest BCUT2D eigenvalue weighted by molar-refractivity contribution is 7.99. The Balaban J connectivity index is 1.84. The van der Waals surface area contributed by atoms with Crippen molar-refractivity contribution in [3.8, 4) is 0 Å². The van der Waals surface area contributed by atoms with Gasteiger partial charge in [0, 0.05) is 6.04 Å². The highest BCUT2D eigenvalue weighted by atomic mass is 32.2. The molecule has 14 heavy (non-hydrogen) atoms. The number of hydrogen-bond acceptors (Lipinski definition) is 2. The van der Waals surface area contributed by atoms with E-state index in [2.05, 4.69) is 31.1 Å². The van der Waals surface area contributed by atoms with Crippen LogP contribution in [0.5, 0.6) is 0 Å². The third kappa shape index (κ3) is 5.26. The second-order valence-corrected chi connectivity index (χ2v) is 5.71. The largest absolute Gasteiger partial charge is 0.317 e. The molecular formula is C12H25NS. The van der Waals surface area contributed by atoms with Crippen LogP contribution < -0.4 is 5.32 Å². The van der Waals surface area contributed by atoms with Crippen LogP contribution in [0.3, 0.4) is 0 Å². The van der Waals surface area contributed by atoms with E-state index < -0.39 is 0 Å². The topological polar surface area (TPSA) is 12.0 Å². The molecule has 1 nitrogen and oxygen atoms in total. The molecule has 0 saturated heterocycles. The van der Waals surface area contributed by atoms with Gasteiger partial charge < -0.3 is 5.32 Å². The van der Waals surface area contributed by atoms with Crippen molar-refractivity contribution >= 4 is 11.8 Å². The average molecular weight is 215 g/mol. The first-order valence-corrected chi connectivity index (χ1v) is 7.23. The van der Waals surface area contributed by atoms with Crippen LogP contribution in [-0.2, 0) is 0 Å². The van der Waals surface area contributed by atoms with Crippen LogP contribution in [0.25, 0.3) is 0 Å². The molecule has 1 atom stereocenters. The fraction of sp³-hybridized carbons (Fsp3) is 1.00. The molecule has 1 unspecified atom stereocenters. The van der Waals surface area contributed by atoms with E-state index in [1.165, 1.54) is 50.0 Å². The van der Waals surface area contributed by atoms with Crippen molar-refractivity contribution in [3.05, 3.63) is 0 Å². The molecule has 1 aliphatic carbocycles. The lowest BCUT2D eigenvalue weighted by molar-refractivity contribution is 0.559. The van der Waals surface area contributed by atoms with E-state index in [1.54, 1.807) is 0 Å². The minimum absolute atomic E-state index is 0.696. The first-order valence-electron chi connectivity index (χ1n) is 6.08. The summed E-state index contributed by atoms with van der Waals surface area (Å²) in [5, 5.41) is 3.29. The molecule has 2 heteroatoms. The van der Waals surface area contributed by atoms with Gasteiger partial charge in [0.15, 0.2) is 0 Å². The Kier molecular flexibility index (Phi) is 6.70. The van der Waals surface area contributed by atoms with Gasteiger partial charge in [-0.15, -0.1) is 0 Å². The molecule has 1 fully saturated rings. The molecule has 1 saturated carbocycles. The molecule has 0 amide bonds. The van der Waals surface area contributed by atoms with Gasteiger partial charge in [-0.1, -0.05) is 12.8 Å². The highest BCUT2D eigenvalue weighted by Gasteiger charge is 2.14. The van der Waals surface area contributed by atoms with Gasteiger partial charge in [0.25, 0.3) is 0 Å². The summed E-state index contributed by atoms with van der Waals surface area (Å²) in [6, 6.07) is 0.696. The standard InChI is InChI=1S/C12H25NS/c1-11(13-2)6-5-9-14-10-12-7-3-4-8-12/h11-13H,3-10H2,1-2H3. The number of thioether (sulfide) groups is 1. The summed E-state index contributed by atoms with van der Waals surface area (Å²) in [5.74, 6) is 3.85.